The molecule has 1 aromatic carbocycles. The van der Waals surface area contributed by atoms with Gasteiger partial charge in [0.1, 0.15) is 11.5 Å². The number of benzene rings is 1. The van der Waals surface area contributed by atoms with E-state index in [-0.39, 0.29) is 6.04 Å². The Kier molecular flexibility index (Phi) is 3.77. The predicted molar refractivity (Wildman–Crippen MR) is 56.8 cm³/mol. The van der Waals surface area contributed by atoms with Crippen LogP contribution in [0.5, 0.6) is 11.5 Å². The zero-order chi connectivity index (χ0) is 10.6. The van der Waals surface area contributed by atoms with Crippen LogP contribution in [-0.4, -0.2) is 13.7 Å². The van der Waals surface area contributed by atoms with Crippen LogP contribution in [-0.2, 0) is 0 Å². The summed E-state index contributed by atoms with van der Waals surface area (Å²) in [6.45, 7) is 4.50. The summed E-state index contributed by atoms with van der Waals surface area (Å²) in [5, 5.41) is 0. The van der Waals surface area contributed by atoms with Crippen molar-refractivity contribution in [2.45, 2.75) is 19.9 Å². The number of ether oxygens (including phenoxy) is 2. The molecule has 0 aliphatic rings. The monoisotopic (exact) mass is 195 g/mol. The Bertz CT molecular complexity index is 297. The maximum atomic E-state index is 5.86. The van der Waals surface area contributed by atoms with Crippen molar-refractivity contribution in [2.24, 2.45) is 5.73 Å². The minimum atomic E-state index is -0.0901. The second-order valence-electron chi connectivity index (χ2n) is 3.09. The third kappa shape index (κ3) is 2.17. The van der Waals surface area contributed by atoms with Gasteiger partial charge in [-0.05, 0) is 26.0 Å². The van der Waals surface area contributed by atoms with E-state index in [9.17, 15) is 0 Å². The smallest absolute Gasteiger partial charge is 0.127 e. The Hall–Kier alpha value is -1.22. The van der Waals surface area contributed by atoms with Gasteiger partial charge in [0.25, 0.3) is 0 Å². The molecular formula is C11H17NO2. The normalized spacial score (nSPS) is 12.3. The SMILES string of the molecule is CCOc1cccc(OC)c1[C@H](C)N. The van der Waals surface area contributed by atoms with Gasteiger partial charge in [0.05, 0.1) is 19.3 Å². The van der Waals surface area contributed by atoms with Gasteiger partial charge in [0.15, 0.2) is 0 Å². The molecule has 0 unspecified atom stereocenters. The second kappa shape index (κ2) is 4.86. The van der Waals surface area contributed by atoms with E-state index in [1.807, 2.05) is 32.0 Å². The van der Waals surface area contributed by atoms with Crippen molar-refractivity contribution in [3.05, 3.63) is 23.8 Å². The van der Waals surface area contributed by atoms with Crippen molar-refractivity contribution in [1.82, 2.24) is 0 Å². The molecule has 1 atom stereocenters. The third-order valence-corrected chi connectivity index (χ3v) is 2.00. The van der Waals surface area contributed by atoms with Gasteiger partial charge in [0, 0.05) is 6.04 Å². The lowest BCUT2D eigenvalue weighted by molar-refractivity contribution is 0.328. The molecule has 0 saturated heterocycles. The molecule has 1 aromatic rings. The van der Waals surface area contributed by atoms with E-state index in [1.54, 1.807) is 7.11 Å². The largest absolute Gasteiger partial charge is 0.496 e. The first kappa shape index (κ1) is 10.9. The minimum absolute atomic E-state index is 0.0901. The van der Waals surface area contributed by atoms with Crippen LogP contribution >= 0.6 is 0 Å². The Morgan fingerprint density at radius 1 is 1.36 bits per heavy atom. The molecule has 0 aliphatic carbocycles. The van der Waals surface area contributed by atoms with Gasteiger partial charge in [-0.1, -0.05) is 6.07 Å². The number of hydrogen-bond donors (Lipinski definition) is 1. The van der Waals surface area contributed by atoms with Crippen LogP contribution in [0.15, 0.2) is 18.2 Å². The van der Waals surface area contributed by atoms with Crippen molar-refractivity contribution in [1.29, 1.82) is 0 Å². The predicted octanol–water partition coefficient (Wildman–Crippen LogP) is 2.11. The van der Waals surface area contributed by atoms with Crippen molar-refractivity contribution in [3.63, 3.8) is 0 Å². The quantitative estimate of drug-likeness (QED) is 0.800. The molecule has 0 saturated carbocycles. The van der Waals surface area contributed by atoms with Crippen molar-refractivity contribution in [3.8, 4) is 11.5 Å². The van der Waals surface area contributed by atoms with Gasteiger partial charge in [-0.3, -0.25) is 0 Å². The average Bonchev–Trinajstić information content (AvgIpc) is 2.17. The summed E-state index contributed by atoms with van der Waals surface area (Å²) in [5.41, 5.74) is 6.79. The number of hydrogen-bond acceptors (Lipinski definition) is 3. The lowest BCUT2D eigenvalue weighted by Gasteiger charge is -2.16. The maximum absolute atomic E-state index is 5.86. The fraction of sp³-hybridized carbons (Fsp3) is 0.455. The highest BCUT2D eigenvalue weighted by Crippen LogP contribution is 2.32. The molecular weight excluding hydrogens is 178 g/mol. The summed E-state index contributed by atoms with van der Waals surface area (Å²) in [5.74, 6) is 1.59. The zero-order valence-corrected chi connectivity index (χ0v) is 8.91. The van der Waals surface area contributed by atoms with E-state index < -0.39 is 0 Å². The Morgan fingerprint density at radius 3 is 2.50 bits per heavy atom. The highest BCUT2D eigenvalue weighted by atomic mass is 16.5. The first-order valence-electron chi connectivity index (χ1n) is 4.76. The fourth-order valence-electron chi connectivity index (χ4n) is 1.43. The van der Waals surface area contributed by atoms with Crippen molar-refractivity contribution >= 4 is 0 Å². The minimum Gasteiger partial charge on any atom is -0.496 e. The van der Waals surface area contributed by atoms with E-state index in [1.165, 1.54) is 0 Å². The number of methoxy groups -OCH3 is 1. The summed E-state index contributed by atoms with van der Waals surface area (Å²) in [7, 11) is 1.64. The summed E-state index contributed by atoms with van der Waals surface area (Å²) in [4.78, 5) is 0. The Labute approximate surface area is 84.8 Å². The van der Waals surface area contributed by atoms with E-state index in [4.69, 9.17) is 15.2 Å². The molecule has 2 N–H and O–H groups in total. The van der Waals surface area contributed by atoms with E-state index in [0.717, 1.165) is 17.1 Å². The molecule has 0 spiro atoms. The number of rotatable bonds is 4. The van der Waals surface area contributed by atoms with Gasteiger partial charge in [-0.2, -0.15) is 0 Å². The molecule has 0 aromatic heterocycles. The summed E-state index contributed by atoms with van der Waals surface area (Å²) >= 11 is 0. The molecule has 0 amide bonds. The van der Waals surface area contributed by atoms with Gasteiger partial charge >= 0.3 is 0 Å². The summed E-state index contributed by atoms with van der Waals surface area (Å²) in [6.07, 6.45) is 0. The molecule has 3 heteroatoms. The van der Waals surface area contributed by atoms with Crippen LogP contribution in [0.3, 0.4) is 0 Å². The van der Waals surface area contributed by atoms with Crippen LogP contribution < -0.4 is 15.2 Å². The van der Waals surface area contributed by atoms with Crippen LogP contribution in [0.4, 0.5) is 0 Å². The van der Waals surface area contributed by atoms with Gasteiger partial charge in [-0.25, -0.2) is 0 Å². The van der Waals surface area contributed by atoms with Gasteiger partial charge in [-0.15, -0.1) is 0 Å². The average molecular weight is 195 g/mol. The molecule has 3 nitrogen and oxygen atoms in total. The molecule has 0 heterocycles. The lowest BCUT2D eigenvalue weighted by atomic mass is 10.1. The van der Waals surface area contributed by atoms with E-state index in [2.05, 4.69) is 0 Å². The Balaban J connectivity index is 3.14. The maximum Gasteiger partial charge on any atom is 0.127 e. The highest BCUT2D eigenvalue weighted by Gasteiger charge is 2.13. The zero-order valence-electron chi connectivity index (χ0n) is 8.91. The van der Waals surface area contributed by atoms with Gasteiger partial charge < -0.3 is 15.2 Å². The van der Waals surface area contributed by atoms with Crippen molar-refractivity contribution in [2.75, 3.05) is 13.7 Å². The first-order valence-corrected chi connectivity index (χ1v) is 4.76. The topological polar surface area (TPSA) is 44.5 Å². The van der Waals surface area contributed by atoms with Crippen LogP contribution in [0.1, 0.15) is 25.5 Å². The molecule has 1 rings (SSSR count). The lowest BCUT2D eigenvalue weighted by Crippen LogP contribution is -2.09. The molecule has 0 fully saturated rings. The Morgan fingerprint density at radius 2 is 2.00 bits per heavy atom. The van der Waals surface area contributed by atoms with Gasteiger partial charge in [0.2, 0.25) is 0 Å². The molecule has 14 heavy (non-hydrogen) atoms. The second-order valence-corrected chi connectivity index (χ2v) is 3.09. The number of nitrogens with two attached hydrogens (primary N) is 1. The summed E-state index contributed by atoms with van der Waals surface area (Å²) in [6, 6.07) is 5.61. The van der Waals surface area contributed by atoms with Crippen LogP contribution in [0.25, 0.3) is 0 Å². The summed E-state index contributed by atoms with van der Waals surface area (Å²) < 4.78 is 10.7. The molecule has 0 radical (unpaired) electrons. The first-order chi connectivity index (χ1) is 6.70. The van der Waals surface area contributed by atoms with Crippen LogP contribution in [0.2, 0.25) is 0 Å². The highest BCUT2D eigenvalue weighted by molar-refractivity contribution is 5.46. The third-order valence-electron chi connectivity index (χ3n) is 2.00. The standard InChI is InChI=1S/C11H17NO2/c1-4-14-10-7-5-6-9(13-3)11(10)8(2)12/h5-8H,4,12H2,1-3H3/t8-/m0/s1. The molecule has 78 valence electrons. The van der Waals surface area contributed by atoms with E-state index in [0.29, 0.717) is 6.61 Å². The molecule has 0 bridgehead atoms. The van der Waals surface area contributed by atoms with Crippen LogP contribution in [0, 0.1) is 0 Å². The van der Waals surface area contributed by atoms with E-state index >= 15 is 0 Å². The molecule has 0 aliphatic heterocycles. The fourth-order valence-corrected chi connectivity index (χ4v) is 1.43. The van der Waals surface area contributed by atoms with Crippen molar-refractivity contribution < 1.29 is 9.47 Å².